The second-order valence-corrected chi connectivity index (χ2v) is 7.36. The third-order valence-electron chi connectivity index (χ3n) is 3.37. The summed E-state index contributed by atoms with van der Waals surface area (Å²) in [5.41, 5.74) is 2.20. The van der Waals surface area contributed by atoms with Crippen LogP contribution in [0.5, 0.6) is 0 Å². The first-order chi connectivity index (χ1) is 11.8. The van der Waals surface area contributed by atoms with Gasteiger partial charge in [0.1, 0.15) is 6.04 Å². The van der Waals surface area contributed by atoms with E-state index in [9.17, 15) is 14.4 Å². The number of benzene rings is 1. The fourth-order valence-electron chi connectivity index (χ4n) is 2.32. The van der Waals surface area contributed by atoms with Crippen LogP contribution in [-0.4, -0.2) is 35.4 Å². The molecular formula is C19H27NO4S. The predicted octanol–water partition coefficient (Wildman–Crippen LogP) is 2.76. The number of hydrogen-bond acceptors (Lipinski definition) is 5. The molecule has 0 spiro atoms. The van der Waals surface area contributed by atoms with Crippen LogP contribution in [0.2, 0.25) is 0 Å². The van der Waals surface area contributed by atoms with Gasteiger partial charge in [-0.05, 0) is 30.4 Å². The highest BCUT2D eigenvalue weighted by atomic mass is 32.2. The molecule has 6 heteroatoms. The maximum atomic E-state index is 12.1. The van der Waals surface area contributed by atoms with E-state index in [1.54, 1.807) is 6.92 Å². The first kappa shape index (κ1) is 21.2. The summed E-state index contributed by atoms with van der Waals surface area (Å²) in [4.78, 5) is 35.2. The Labute approximate surface area is 153 Å². The van der Waals surface area contributed by atoms with Crippen molar-refractivity contribution in [3.8, 4) is 0 Å². The zero-order chi connectivity index (χ0) is 18.8. The molecule has 1 amide bonds. The van der Waals surface area contributed by atoms with Crippen LogP contribution < -0.4 is 5.32 Å². The Kier molecular flexibility index (Phi) is 9.27. The number of thioether (sulfide) groups is 1. The number of esters is 1. The van der Waals surface area contributed by atoms with Crippen LogP contribution >= 0.6 is 11.8 Å². The van der Waals surface area contributed by atoms with Crippen LogP contribution in [0.4, 0.5) is 0 Å². The normalized spacial score (nSPS) is 11.9. The average Bonchev–Trinajstić information content (AvgIpc) is 2.52. The Morgan fingerprint density at radius 2 is 1.72 bits per heavy atom. The summed E-state index contributed by atoms with van der Waals surface area (Å²) in [6, 6.07) is 7.22. The molecule has 0 aromatic heterocycles. The molecule has 0 fully saturated rings. The van der Waals surface area contributed by atoms with Crippen LogP contribution in [0, 0.1) is 5.92 Å². The van der Waals surface area contributed by atoms with E-state index in [1.165, 1.54) is 12.5 Å². The molecule has 1 aromatic carbocycles. The Hall–Kier alpha value is -1.82. The van der Waals surface area contributed by atoms with Crippen molar-refractivity contribution in [1.29, 1.82) is 0 Å². The molecule has 0 saturated carbocycles. The highest BCUT2D eigenvalue weighted by Crippen LogP contribution is 2.14. The van der Waals surface area contributed by atoms with E-state index in [4.69, 9.17) is 4.74 Å². The standard InChI is InChI=1S/C19H27NO4S/c1-5-24-19(23)17(20-14(4)21)12-25-18(22)11-16-8-6-15(7-9-16)10-13(2)3/h6-9,13,17H,5,10-12H2,1-4H3,(H,20,21). The van der Waals surface area contributed by atoms with Gasteiger partial charge in [-0.2, -0.15) is 0 Å². The molecule has 1 aromatic rings. The fraction of sp³-hybridized carbons (Fsp3) is 0.526. The second kappa shape index (κ2) is 10.9. The molecule has 0 aliphatic rings. The highest BCUT2D eigenvalue weighted by molar-refractivity contribution is 8.13. The summed E-state index contributed by atoms with van der Waals surface area (Å²) < 4.78 is 4.92. The van der Waals surface area contributed by atoms with Crippen molar-refractivity contribution in [2.75, 3.05) is 12.4 Å². The van der Waals surface area contributed by atoms with Gasteiger partial charge in [-0.3, -0.25) is 9.59 Å². The van der Waals surface area contributed by atoms with Gasteiger partial charge in [0, 0.05) is 19.1 Å². The van der Waals surface area contributed by atoms with E-state index in [0.717, 1.165) is 23.7 Å². The zero-order valence-corrected chi connectivity index (χ0v) is 16.2. The molecule has 1 N–H and O–H groups in total. The predicted molar refractivity (Wildman–Crippen MR) is 100 cm³/mol. The minimum absolute atomic E-state index is 0.0451. The summed E-state index contributed by atoms with van der Waals surface area (Å²) in [5.74, 6) is -0.0811. The summed E-state index contributed by atoms with van der Waals surface area (Å²) >= 11 is 1.04. The van der Waals surface area contributed by atoms with Crippen molar-refractivity contribution in [2.45, 2.75) is 46.6 Å². The summed E-state index contributed by atoms with van der Waals surface area (Å²) in [6.07, 6.45) is 1.31. The van der Waals surface area contributed by atoms with E-state index in [-0.39, 0.29) is 23.4 Å². The largest absolute Gasteiger partial charge is 0.464 e. The first-order valence-electron chi connectivity index (χ1n) is 8.49. The van der Waals surface area contributed by atoms with Crippen LogP contribution in [0.1, 0.15) is 38.8 Å². The van der Waals surface area contributed by atoms with Crippen LogP contribution in [0.3, 0.4) is 0 Å². The van der Waals surface area contributed by atoms with Gasteiger partial charge in [0.15, 0.2) is 5.12 Å². The van der Waals surface area contributed by atoms with Gasteiger partial charge in [-0.1, -0.05) is 49.9 Å². The number of ether oxygens (including phenoxy) is 1. The Morgan fingerprint density at radius 3 is 2.24 bits per heavy atom. The first-order valence-corrected chi connectivity index (χ1v) is 9.47. The second-order valence-electron chi connectivity index (χ2n) is 6.28. The number of nitrogens with one attached hydrogen (secondary N) is 1. The Morgan fingerprint density at radius 1 is 1.12 bits per heavy atom. The van der Waals surface area contributed by atoms with E-state index < -0.39 is 12.0 Å². The highest BCUT2D eigenvalue weighted by Gasteiger charge is 2.22. The van der Waals surface area contributed by atoms with Crippen LogP contribution in [0.15, 0.2) is 24.3 Å². The molecule has 1 unspecified atom stereocenters. The summed E-state index contributed by atoms with van der Waals surface area (Å²) in [5, 5.41) is 2.48. The number of amides is 1. The summed E-state index contributed by atoms with van der Waals surface area (Å²) in [7, 11) is 0. The molecule has 0 aliphatic heterocycles. The lowest BCUT2D eigenvalue weighted by atomic mass is 10.0. The number of carbonyl (C=O) groups excluding carboxylic acids is 3. The summed E-state index contributed by atoms with van der Waals surface area (Å²) in [6.45, 7) is 7.60. The van der Waals surface area contributed by atoms with Crippen LogP contribution in [-0.2, 0) is 32.0 Å². The molecule has 0 aliphatic carbocycles. The quantitative estimate of drug-likeness (QED) is 0.681. The van der Waals surface area contributed by atoms with Crippen LogP contribution in [0.25, 0.3) is 0 Å². The molecule has 0 bridgehead atoms. The molecule has 1 atom stereocenters. The van der Waals surface area contributed by atoms with Gasteiger partial charge in [0.05, 0.1) is 6.61 Å². The lowest BCUT2D eigenvalue weighted by Crippen LogP contribution is -2.42. The lowest BCUT2D eigenvalue weighted by Gasteiger charge is -2.15. The Bertz CT molecular complexity index is 584. The van der Waals surface area contributed by atoms with E-state index >= 15 is 0 Å². The van der Waals surface area contributed by atoms with E-state index in [0.29, 0.717) is 12.3 Å². The zero-order valence-electron chi connectivity index (χ0n) is 15.3. The number of hydrogen-bond donors (Lipinski definition) is 1. The molecule has 25 heavy (non-hydrogen) atoms. The number of rotatable bonds is 9. The van der Waals surface area contributed by atoms with Crippen molar-refractivity contribution in [3.05, 3.63) is 35.4 Å². The van der Waals surface area contributed by atoms with Gasteiger partial charge < -0.3 is 10.1 Å². The monoisotopic (exact) mass is 365 g/mol. The van der Waals surface area contributed by atoms with Crippen molar-refractivity contribution in [3.63, 3.8) is 0 Å². The third-order valence-corrected chi connectivity index (χ3v) is 4.34. The molecule has 5 nitrogen and oxygen atoms in total. The SMILES string of the molecule is CCOC(=O)C(CSC(=O)Cc1ccc(CC(C)C)cc1)NC(C)=O. The van der Waals surface area contributed by atoms with Gasteiger partial charge in [0.2, 0.25) is 5.91 Å². The molecule has 1 rings (SSSR count). The molecular weight excluding hydrogens is 338 g/mol. The Balaban J connectivity index is 2.53. The van der Waals surface area contributed by atoms with Crippen molar-refractivity contribution in [1.82, 2.24) is 5.32 Å². The van der Waals surface area contributed by atoms with Gasteiger partial charge in [-0.15, -0.1) is 0 Å². The maximum absolute atomic E-state index is 12.1. The van der Waals surface area contributed by atoms with Crippen molar-refractivity contribution >= 4 is 28.8 Å². The van der Waals surface area contributed by atoms with Gasteiger partial charge in [0.25, 0.3) is 0 Å². The smallest absolute Gasteiger partial charge is 0.329 e. The third kappa shape index (κ3) is 8.72. The van der Waals surface area contributed by atoms with Crippen molar-refractivity contribution in [2.24, 2.45) is 5.92 Å². The van der Waals surface area contributed by atoms with E-state index in [1.807, 2.05) is 24.3 Å². The average molecular weight is 365 g/mol. The molecule has 0 saturated heterocycles. The minimum atomic E-state index is -0.806. The molecule has 0 radical (unpaired) electrons. The topological polar surface area (TPSA) is 72.5 Å². The van der Waals surface area contributed by atoms with E-state index in [2.05, 4.69) is 19.2 Å². The molecule has 0 heterocycles. The van der Waals surface area contributed by atoms with Gasteiger partial charge in [-0.25, -0.2) is 4.79 Å². The fourth-order valence-corrected chi connectivity index (χ4v) is 3.16. The van der Waals surface area contributed by atoms with Crippen molar-refractivity contribution < 1.29 is 19.1 Å². The molecule has 138 valence electrons. The maximum Gasteiger partial charge on any atom is 0.329 e. The number of carbonyl (C=O) groups is 3. The minimum Gasteiger partial charge on any atom is -0.464 e. The van der Waals surface area contributed by atoms with Gasteiger partial charge >= 0.3 is 5.97 Å². The lowest BCUT2D eigenvalue weighted by molar-refractivity contribution is -0.146.